The average molecular weight is 370 g/mol. The molecule has 1 saturated heterocycles. The normalized spacial score (nSPS) is 15.2. The summed E-state index contributed by atoms with van der Waals surface area (Å²) in [5.74, 6) is 0.0506. The number of aromatic nitrogens is 1. The first kappa shape index (κ1) is 19.3. The molecule has 146 valence electrons. The molecule has 27 heavy (non-hydrogen) atoms. The standard InChI is InChI=1S/C21H30N4O2/c1-5-22-21(27)25-8-6-16(7-9-25)24-19(26)12-17-15(4)23-20-14(3)10-13(2)11-18(17)20/h10-11,16,23H,5-9,12H2,1-4H3,(H,22,27)(H,24,26). The van der Waals surface area contributed by atoms with E-state index in [2.05, 4.69) is 41.6 Å². The van der Waals surface area contributed by atoms with Crippen molar-refractivity contribution in [1.29, 1.82) is 0 Å². The number of carbonyl (C=O) groups excluding carboxylic acids is 2. The van der Waals surface area contributed by atoms with E-state index in [9.17, 15) is 9.59 Å². The maximum atomic E-state index is 12.6. The second-order valence-corrected chi connectivity index (χ2v) is 7.57. The monoisotopic (exact) mass is 370 g/mol. The predicted octanol–water partition coefficient (Wildman–Crippen LogP) is 2.95. The Kier molecular flexibility index (Phi) is 5.73. The van der Waals surface area contributed by atoms with Crippen molar-refractivity contribution in [3.05, 3.63) is 34.5 Å². The molecule has 0 spiro atoms. The summed E-state index contributed by atoms with van der Waals surface area (Å²) in [6.07, 6.45) is 1.98. The molecule has 2 heterocycles. The Morgan fingerprint density at radius 2 is 1.89 bits per heavy atom. The van der Waals surface area contributed by atoms with Crippen LogP contribution in [-0.2, 0) is 11.2 Å². The van der Waals surface area contributed by atoms with Gasteiger partial charge < -0.3 is 20.5 Å². The largest absolute Gasteiger partial charge is 0.358 e. The molecule has 2 aromatic rings. The van der Waals surface area contributed by atoms with E-state index in [1.54, 1.807) is 0 Å². The Labute approximate surface area is 160 Å². The van der Waals surface area contributed by atoms with Gasteiger partial charge in [-0.1, -0.05) is 11.6 Å². The third kappa shape index (κ3) is 4.26. The SMILES string of the molecule is CCNC(=O)N1CCC(NC(=O)Cc2c(C)[nH]c3c(C)cc(C)cc23)CC1. The van der Waals surface area contributed by atoms with Crippen LogP contribution in [0.15, 0.2) is 12.1 Å². The van der Waals surface area contributed by atoms with Crippen LogP contribution in [0.5, 0.6) is 0 Å². The van der Waals surface area contributed by atoms with Crippen molar-refractivity contribution >= 4 is 22.8 Å². The van der Waals surface area contributed by atoms with Crippen molar-refractivity contribution in [2.24, 2.45) is 0 Å². The van der Waals surface area contributed by atoms with Gasteiger partial charge in [-0.15, -0.1) is 0 Å². The molecule has 0 aliphatic carbocycles. The minimum atomic E-state index is -0.0116. The lowest BCUT2D eigenvalue weighted by atomic mass is 10.0. The second kappa shape index (κ2) is 8.03. The number of aromatic amines is 1. The Bertz CT molecular complexity index is 847. The van der Waals surface area contributed by atoms with Gasteiger partial charge in [-0.3, -0.25) is 4.79 Å². The summed E-state index contributed by atoms with van der Waals surface area (Å²) in [6, 6.07) is 4.43. The molecular weight excluding hydrogens is 340 g/mol. The first-order valence-electron chi connectivity index (χ1n) is 9.79. The summed E-state index contributed by atoms with van der Waals surface area (Å²) in [4.78, 5) is 29.8. The van der Waals surface area contributed by atoms with Gasteiger partial charge in [0, 0.05) is 42.3 Å². The lowest BCUT2D eigenvalue weighted by Crippen LogP contribution is -2.49. The summed E-state index contributed by atoms with van der Waals surface area (Å²) < 4.78 is 0. The Morgan fingerprint density at radius 3 is 2.56 bits per heavy atom. The van der Waals surface area contributed by atoms with Gasteiger partial charge in [-0.25, -0.2) is 4.79 Å². The number of carbonyl (C=O) groups is 2. The molecule has 0 bridgehead atoms. The highest BCUT2D eigenvalue weighted by Crippen LogP contribution is 2.26. The van der Waals surface area contributed by atoms with Crippen molar-refractivity contribution in [3.63, 3.8) is 0 Å². The van der Waals surface area contributed by atoms with Crippen LogP contribution in [0, 0.1) is 20.8 Å². The molecule has 0 atom stereocenters. The number of benzene rings is 1. The van der Waals surface area contributed by atoms with E-state index in [0.717, 1.165) is 35.0 Å². The first-order chi connectivity index (χ1) is 12.9. The molecule has 1 aliphatic rings. The number of nitrogens with zero attached hydrogens (tertiary/aromatic N) is 1. The number of rotatable bonds is 4. The van der Waals surface area contributed by atoms with E-state index >= 15 is 0 Å². The van der Waals surface area contributed by atoms with Crippen molar-refractivity contribution in [3.8, 4) is 0 Å². The van der Waals surface area contributed by atoms with Crippen LogP contribution in [0.1, 0.15) is 42.1 Å². The summed E-state index contributed by atoms with van der Waals surface area (Å²) >= 11 is 0. The molecule has 6 nitrogen and oxygen atoms in total. The zero-order valence-electron chi connectivity index (χ0n) is 16.7. The third-order valence-corrected chi connectivity index (χ3v) is 5.38. The van der Waals surface area contributed by atoms with Crippen LogP contribution in [0.4, 0.5) is 4.79 Å². The number of piperidine rings is 1. The molecule has 1 aliphatic heterocycles. The van der Waals surface area contributed by atoms with Gasteiger partial charge in [0.05, 0.1) is 6.42 Å². The Balaban J connectivity index is 1.62. The van der Waals surface area contributed by atoms with Crippen LogP contribution in [0.2, 0.25) is 0 Å². The molecule has 1 fully saturated rings. The van der Waals surface area contributed by atoms with Gasteiger partial charge in [0.1, 0.15) is 0 Å². The number of urea groups is 1. The lowest BCUT2D eigenvalue weighted by Gasteiger charge is -2.32. The van der Waals surface area contributed by atoms with Gasteiger partial charge in [0.25, 0.3) is 0 Å². The van der Waals surface area contributed by atoms with E-state index in [0.29, 0.717) is 26.1 Å². The van der Waals surface area contributed by atoms with Crippen LogP contribution in [-0.4, -0.2) is 47.5 Å². The Morgan fingerprint density at radius 1 is 1.19 bits per heavy atom. The van der Waals surface area contributed by atoms with Gasteiger partial charge in [0.15, 0.2) is 0 Å². The van der Waals surface area contributed by atoms with Gasteiger partial charge in [-0.2, -0.15) is 0 Å². The molecule has 3 rings (SSSR count). The maximum absolute atomic E-state index is 12.6. The van der Waals surface area contributed by atoms with E-state index in [1.165, 1.54) is 11.1 Å². The number of nitrogens with one attached hydrogen (secondary N) is 3. The van der Waals surface area contributed by atoms with Gasteiger partial charge in [-0.05, 0) is 57.7 Å². The van der Waals surface area contributed by atoms with E-state index in [-0.39, 0.29) is 18.0 Å². The second-order valence-electron chi connectivity index (χ2n) is 7.57. The number of aryl methyl sites for hydroxylation is 3. The highest BCUT2D eigenvalue weighted by molar-refractivity contribution is 5.92. The summed E-state index contributed by atoms with van der Waals surface area (Å²) in [7, 11) is 0. The fourth-order valence-electron chi connectivity index (χ4n) is 3.99. The van der Waals surface area contributed by atoms with Crippen LogP contribution >= 0.6 is 0 Å². The smallest absolute Gasteiger partial charge is 0.317 e. The highest BCUT2D eigenvalue weighted by atomic mass is 16.2. The molecule has 0 saturated carbocycles. The summed E-state index contributed by atoms with van der Waals surface area (Å²) in [5, 5.41) is 7.13. The summed E-state index contributed by atoms with van der Waals surface area (Å²) in [6.45, 7) is 10.1. The predicted molar refractivity (Wildman–Crippen MR) is 108 cm³/mol. The number of hydrogen-bond acceptors (Lipinski definition) is 2. The van der Waals surface area contributed by atoms with E-state index in [4.69, 9.17) is 0 Å². The lowest BCUT2D eigenvalue weighted by molar-refractivity contribution is -0.121. The van der Waals surface area contributed by atoms with Crippen molar-refractivity contribution in [2.75, 3.05) is 19.6 Å². The zero-order chi connectivity index (χ0) is 19.6. The quantitative estimate of drug-likeness (QED) is 0.774. The molecule has 0 unspecified atom stereocenters. The first-order valence-corrected chi connectivity index (χ1v) is 9.79. The summed E-state index contributed by atoms with van der Waals surface area (Å²) in [5.41, 5.74) is 5.67. The minimum Gasteiger partial charge on any atom is -0.358 e. The number of fused-ring (bicyclic) bond motifs is 1. The molecule has 0 radical (unpaired) electrons. The number of hydrogen-bond donors (Lipinski definition) is 3. The average Bonchev–Trinajstić information content (AvgIpc) is 2.92. The van der Waals surface area contributed by atoms with Crippen molar-refractivity contribution in [2.45, 2.75) is 53.0 Å². The number of H-pyrrole nitrogens is 1. The highest BCUT2D eigenvalue weighted by Gasteiger charge is 2.24. The Hall–Kier alpha value is -2.50. The number of amides is 3. The molecular formula is C21H30N4O2. The molecule has 1 aromatic carbocycles. The molecule has 1 aromatic heterocycles. The maximum Gasteiger partial charge on any atom is 0.317 e. The van der Waals surface area contributed by atoms with Crippen molar-refractivity contribution < 1.29 is 9.59 Å². The molecule has 6 heteroatoms. The third-order valence-electron chi connectivity index (χ3n) is 5.38. The fraction of sp³-hybridized carbons (Fsp3) is 0.524. The van der Waals surface area contributed by atoms with E-state index < -0.39 is 0 Å². The molecule has 3 amide bonds. The van der Waals surface area contributed by atoms with Crippen LogP contribution in [0.3, 0.4) is 0 Å². The molecule has 3 N–H and O–H groups in total. The number of likely N-dealkylation sites (tertiary alicyclic amines) is 1. The minimum absolute atomic E-state index is 0.0116. The van der Waals surface area contributed by atoms with Crippen LogP contribution in [0.25, 0.3) is 10.9 Å². The van der Waals surface area contributed by atoms with Gasteiger partial charge >= 0.3 is 6.03 Å². The van der Waals surface area contributed by atoms with Gasteiger partial charge in [0.2, 0.25) is 5.91 Å². The zero-order valence-corrected chi connectivity index (χ0v) is 16.7. The fourth-order valence-corrected chi connectivity index (χ4v) is 3.99. The topological polar surface area (TPSA) is 77.2 Å². The van der Waals surface area contributed by atoms with Crippen LogP contribution < -0.4 is 10.6 Å². The van der Waals surface area contributed by atoms with E-state index in [1.807, 2.05) is 18.7 Å². The van der Waals surface area contributed by atoms with Crippen molar-refractivity contribution in [1.82, 2.24) is 20.5 Å².